The Labute approximate surface area is 58.7 Å². The van der Waals surface area contributed by atoms with Crippen molar-refractivity contribution in [3.8, 4) is 0 Å². The molecule has 0 fully saturated rings. The van der Waals surface area contributed by atoms with Gasteiger partial charge in [-0.25, -0.2) is 4.98 Å². The summed E-state index contributed by atoms with van der Waals surface area (Å²) in [4.78, 5) is 15.0. The molecule has 2 rings (SSSR count). The molecular weight excluding hydrogens is 128 g/mol. The third-order valence-corrected chi connectivity index (χ3v) is 1.90. The summed E-state index contributed by atoms with van der Waals surface area (Å²) in [5.74, 6) is 1.17. The molecule has 0 unspecified atom stereocenters. The Morgan fingerprint density at radius 1 is 1.70 bits per heavy atom. The highest BCUT2D eigenvalue weighted by atomic mass is 16.1. The molecule has 0 atom stereocenters. The zero-order valence-corrected chi connectivity index (χ0v) is 5.79. The van der Waals surface area contributed by atoms with Crippen molar-refractivity contribution in [1.82, 2.24) is 9.55 Å². The van der Waals surface area contributed by atoms with E-state index < -0.39 is 0 Å². The van der Waals surface area contributed by atoms with Crippen LogP contribution in [-0.4, -0.2) is 15.3 Å². The van der Waals surface area contributed by atoms with Crippen LogP contribution in [0.2, 0.25) is 0 Å². The number of hydrogen-bond donors (Lipinski definition) is 0. The lowest BCUT2D eigenvalue weighted by Gasteiger charge is -1.94. The van der Waals surface area contributed by atoms with E-state index in [1.54, 1.807) is 6.20 Å². The first-order valence-corrected chi connectivity index (χ1v) is 3.34. The number of aryl methyl sites for hydroxylation is 1. The largest absolute Gasteiger partial charge is 0.325 e. The number of carbonyl (C=O) groups is 1. The SMILES string of the molecule is Cc1ncc2n1CCC2=O. The number of aromatic nitrogens is 2. The predicted octanol–water partition coefficient (Wildman–Crippen LogP) is 0.778. The number of nitrogens with zero attached hydrogens (tertiary/aromatic N) is 2. The lowest BCUT2D eigenvalue weighted by molar-refractivity contribution is 0.0994. The number of carbonyl (C=O) groups excluding carboxylic acids is 1. The summed E-state index contributed by atoms with van der Waals surface area (Å²) >= 11 is 0. The molecule has 52 valence electrons. The first kappa shape index (κ1) is 5.65. The minimum atomic E-state index is 0.223. The molecule has 0 aliphatic carbocycles. The van der Waals surface area contributed by atoms with Crippen molar-refractivity contribution in [3.63, 3.8) is 0 Å². The maximum absolute atomic E-state index is 11.0. The van der Waals surface area contributed by atoms with Crippen LogP contribution in [0.5, 0.6) is 0 Å². The molecule has 1 aliphatic heterocycles. The van der Waals surface area contributed by atoms with Crippen LogP contribution in [0.4, 0.5) is 0 Å². The van der Waals surface area contributed by atoms with Crippen molar-refractivity contribution in [2.45, 2.75) is 19.9 Å². The van der Waals surface area contributed by atoms with Crippen molar-refractivity contribution in [2.24, 2.45) is 0 Å². The third kappa shape index (κ3) is 0.546. The van der Waals surface area contributed by atoms with E-state index in [-0.39, 0.29) is 5.78 Å². The molecule has 0 amide bonds. The van der Waals surface area contributed by atoms with Crippen LogP contribution in [-0.2, 0) is 6.54 Å². The van der Waals surface area contributed by atoms with E-state index in [1.807, 2.05) is 11.5 Å². The van der Waals surface area contributed by atoms with Gasteiger partial charge >= 0.3 is 0 Å². The van der Waals surface area contributed by atoms with Crippen LogP contribution in [0.1, 0.15) is 22.7 Å². The average Bonchev–Trinajstić information content (AvgIpc) is 2.41. The summed E-state index contributed by atoms with van der Waals surface area (Å²) in [6.45, 7) is 2.74. The summed E-state index contributed by atoms with van der Waals surface area (Å²) < 4.78 is 1.96. The summed E-state index contributed by atoms with van der Waals surface area (Å²) in [5.41, 5.74) is 0.775. The molecule has 0 N–H and O–H groups in total. The Kier molecular flexibility index (Phi) is 0.952. The Balaban J connectivity index is 2.63. The maximum atomic E-state index is 11.0. The second-order valence-electron chi connectivity index (χ2n) is 2.52. The fraction of sp³-hybridized carbons (Fsp3) is 0.429. The highest BCUT2D eigenvalue weighted by Gasteiger charge is 2.20. The molecule has 0 saturated carbocycles. The van der Waals surface area contributed by atoms with E-state index in [0.717, 1.165) is 18.1 Å². The predicted molar refractivity (Wildman–Crippen MR) is 35.9 cm³/mol. The van der Waals surface area contributed by atoms with Crippen LogP contribution in [0.15, 0.2) is 6.20 Å². The second-order valence-corrected chi connectivity index (χ2v) is 2.52. The number of hydrogen-bond acceptors (Lipinski definition) is 2. The maximum Gasteiger partial charge on any atom is 0.182 e. The number of rotatable bonds is 0. The van der Waals surface area contributed by atoms with Gasteiger partial charge in [-0.15, -0.1) is 0 Å². The molecule has 10 heavy (non-hydrogen) atoms. The van der Waals surface area contributed by atoms with Gasteiger partial charge in [-0.2, -0.15) is 0 Å². The van der Waals surface area contributed by atoms with Crippen LogP contribution in [0, 0.1) is 6.92 Å². The van der Waals surface area contributed by atoms with Gasteiger partial charge < -0.3 is 4.57 Å². The van der Waals surface area contributed by atoms with Crippen molar-refractivity contribution in [2.75, 3.05) is 0 Å². The molecule has 0 saturated heterocycles. The lowest BCUT2D eigenvalue weighted by atomic mass is 10.3. The molecular formula is C7H8N2O. The fourth-order valence-corrected chi connectivity index (χ4v) is 1.31. The number of ketones is 1. The van der Waals surface area contributed by atoms with Gasteiger partial charge in [0, 0.05) is 13.0 Å². The average molecular weight is 136 g/mol. The van der Waals surface area contributed by atoms with E-state index in [4.69, 9.17) is 0 Å². The van der Waals surface area contributed by atoms with Crippen molar-refractivity contribution in [3.05, 3.63) is 17.7 Å². The monoisotopic (exact) mass is 136 g/mol. The highest BCUT2D eigenvalue weighted by Crippen LogP contribution is 2.15. The minimum absolute atomic E-state index is 0.223. The molecule has 0 aromatic carbocycles. The number of fused-ring (bicyclic) bond motifs is 1. The Morgan fingerprint density at radius 2 is 2.50 bits per heavy atom. The van der Waals surface area contributed by atoms with E-state index >= 15 is 0 Å². The van der Waals surface area contributed by atoms with Gasteiger partial charge in [0.25, 0.3) is 0 Å². The van der Waals surface area contributed by atoms with E-state index in [1.165, 1.54) is 0 Å². The highest BCUT2D eigenvalue weighted by molar-refractivity contribution is 5.96. The fourth-order valence-electron chi connectivity index (χ4n) is 1.31. The first-order valence-electron chi connectivity index (χ1n) is 3.34. The van der Waals surface area contributed by atoms with Gasteiger partial charge in [-0.05, 0) is 6.92 Å². The van der Waals surface area contributed by atoms with Gasteiger partial charge in [-0.3, -0.25) is 4.79 Å². The van der Waals surface area contributed by atoms with Crippen molar-refractivity contribution in [1.29, 1.82) is 0 Å². The molecule has 2 heterocycles. The van der Waals surface area contributed by atoms with Gasteiger partial charge in [0.1, 0.15) is 11.5 Å². The number of imidazole rings is 1. The Hall–Kier alpha value is -1.12. The third-order valence-electron chi connectivity index (χ3n) is 1.90. The standard InChI is InChI=1S/C7H8N2O/c1-5-8-4-6-7(10)2-3-9(5)6/h4H,2-3H2,1H3. The lowest BCUT2D eigenvalue weighted by Crippen LogP contribution is -1.94. The molecule has 3 nitrogen and oxygen atoms in total. The first-order chi connectivity index (χ1) is 4.79. The quantitative estimate of drug-likeness (QED) is 0.528. The van der Waals surface area contributed by atoms with Crippen LogP contribution < -0.4 is 0 Å². The van der Waals surface area contributed by atoms with Crippen molar-refractivity contribution >= 4 is 5.78 Å². The molecule has 3 heteroatoms. The van der Waals surface area contributed by atoms with Gasteiger partial charge in [0.15, 0.2) is 5.78 Å². The topological polar surface area (TPSA) is 34.9 Å². The Morgan fingerprint density at radius 3 is 3.20 bits per heavy atom. The zero-order valence-electron chi connectivity index (χ0n) is 5.79. The summed E-state index contributed by atoms with van der Waals surface area (Å²) in [7, 11) is 0. The van der Waals surface area contributed by atoms with Crippen molar-refractivity contribution < 1.29 is 4.79 Å². The molecule has 1 aliphatic rings. The second kappa shape index (κ2) is 1.68. The van der Waals surface area contributed by atoms with E-state index in [9.17, 15) is 4.79 Å². The van der Waals surface area contributed by atoms with Gasteiger partial charge in [-0.1, -0.05) is 0 Å². The zero-order chi connectivity index (χ0) is 7.14. The number of Topliss-reactive ketones (excluding diaryl/α,β-unsaturated/α-hetero) is 1. The molecule has 0 radical (unpaired) electrons. The minimum Gasteiger partial charge on any atom is -0.325 e. The molecule has 0 bridgehead atoms. The van der Waals surface area contributed by atoms with Crippen LogP contribution in [0.3, 0.4) is 0 Å². The van der Waals surface area contributed by atoms with E-state index in [2.05, 4.69) is 4.98 Å². The molecule has 1 aromatic heterocycles. The van der Waals surface area contributed by atoms with Crippen LogP contribution in [0.25, 0.3) is 0 Å². The van der Waals surface area contributed by atoms with Crippen LogP contribution >= 0.6 is 0 Å². The smallest absolute Gasteiger partial charge is 0.182 e. The van der Waals surface area contributed by atoms with Gasteiger partial charge in [0.2, 0.25) is 0 Å². The Bertz CT molecular complexity index is 288. The molecule has 0 spiro atoms. The van der Waals surface area contributed by atoms with Gasteiger partial charge in [0.05, 0.1) is 6.20 Å². The van der Waals surface area contributed by atoms with E-state index in [0.29, 0.717) is 6.42 Å². The summed E-state index contributed by atoms with van der Waals surface area (Å²) in [5, 5.41) is 0. The summed E-state index contributed by atoms with van der Waals surface area (Å²) in [6.07, 6.45) is 2.31. The summed E-state index contributed by atoms with van der Waals surface area (Å²) in [6, 6.07) is 0. The normalized spacial score (nSPS) is 15.9. The molecule has 1 aromatic rings.